The van der Waals surface area contributed by atoms with Crippen LogP contribution in [-0.2, 0) is 13.0 Å². The molecule has 0 bridgehead atoms. The molecule has 8 heteroatoms. The third-order valence-corrected chi connectivity index (χ3v) is 5.07. The van der Waals surface area contributed by atoms with Crippen LogP contribution < -0.4 is 5.32 Å². The quantitative estimate of drug-likeness (QED) is 0.511. The number of nitro groups is 1. The lowest BCUT2D eigenvalue weighted by atomic mass is 10.1. The normalized spacial score (nSPS) is 13.0. The molecule has 0 saturated heterocycles. The van der Waals surface area contributed by atoms with E-state index in [-0.39, 0.29) is 16.3 Å². The monoisotopic (exact) mass is 396 g/mol. The van der Waals surface area contributed by atoms with Gasteiger partial charge in [-0.15, -0.1) is 0 Å². The fraction of sp³-hybridized carbons (Fsp3) is 0.200. The zero-order chi connectivity index (χ0) is 19.7. The number of nitrogens with one attached hydrogen (secondary N) is 1. The van der Waals surface area contributed by atoms with Crippen molar-refractivity contribution in [3.8, 4) is 11.3 Å². The molecule has 0 unspecified atom stereocenters. The maximum absolute atomic E-state index is 12.4. The SMILES string of the molecule is O=C(Nc1ccc(-c2cn3c(n2)CCCC3)cc1)c1ccc([N+](=O)[O-])cc1Cl. The van der Waals surface area contributed by atoms with Crippen molar-refractivity contribution < 1.29 is 9.72 Å². The van der Waals surface area contributed by atoms with Gasteiger partial charge in [0.15, 0.2) is 0 Å². The Labute approximate surface area is 166 Å². The Kier molecular flexibility index (Phi) is 4.83. The predicted octanol–water partition coefficient (Wildman–Crippen LogP) is 4.70. The van der Waals surface area contributed by atoms with Gasteiger partial charge in [-0.3, -0.25) is 14.9 Å². The Bertz CT molecular complexity index is 1040. The van der Waals surface area contributed by atoms with Gasteiger partial charge in [-0.05, 0) is 31.0 Å². The molecule has 4 rings (SSSR count). The maximum atomic E-state index is 12.4. The number of amides is 1. The minimum absolute atomic E-state index is 0.0342. The number of halogens is 1. The van der Waals surface area contributed by atoms with Crippen LogP contribution in [0.3, 0.4) is 0 Å². The molecule has 0 radical (unpaired) electrons. The number of carbonyl (C=O) groups excluding carboxylic acids is 1. The Morgan fingerprint density at radius 3 is 2.64 bits per heavy atom. The van der Waals surface area contributed by atoms with Crippen molar-refractivity contribution >= 4 is 28.9 Å². The van der Waals surface area contributed by atoms with Crippen molar-refractivity contribution in [1.29, 1.82) is 0 Å². The molecule has 0 saturated carbocycles. The third-order valence-electron chi connectivity index (χ3n) is 4.76. The fourth-order valence-corrected chi connectivity index (χ4v) is 3.54. The molecule has 1 aliphatic rings. The largest absolute Gasteiger partial charge is 0.334 e. The first-order valence-electron chi connectivity index (χ1n) is 8.93. The second-order valence-electron chi connectivity index (χ2n) is 6.65. The highest BCUT2D eigenvalue weighted by molar-refractivity contribution is 6.34. The molecule has 0 aliphatic carbocycles. The number of nitro benzene ring substituents is 1. The minimum Gasteiger partial charge on any atom is -0.334 e. The summed E-state index contributed by atoms with van der Waals surface area (Å²) in [5.41, 5.74) is 2.53. The molecule has 3 aromatic rings. The first kappa shape index (κ1) is 18.2. The van der Waals surface area contributed by atoms with E-state index in [1.54, 1.807) is 12.1 Å². The van der Waals surface area contributed by atoms with Crippen LogP contribution in [0, 0.1) is 10.1 Å². The molecule has 0 spiro atoms. The van der Waals surface area contributed by atoms with E-state index < -0.39 is 10.8 Å². The fourth-order valence-electron chi connectivity index (χ4n) is 3.28. The van der Waals surface area contributed by atoms with Gasteiger partial charge >= 0.3 is 0 Å². The summed E-state index contributed by atoms with van der Waals surface area (Å²) in [6.07, 6.45) is 5.43. The molecule has 1 N–H and O–H groups in total. The van der Waals surface area contributed by atoms with Gasteiger partial charge in [-0.2, -0.15) is 0 Å². The van der Waals surface area contributed by atoms with Gasteiger partial charge in [0.2, 0.25) is 0 Å². The van der Waals surface area contributed by atoms with E-state index in [9.17, 15) is 14.9 Å². The summed E-state index contributed by atoms with van der Waals surface area (Å²) < 4.78 is 2.20. The van der Waals surface area contributed by atoms with E-state index in [1.807, 2.05) is 12.1 Å². The van der Waals surface area contributed by atoms with Gasteiger partial charge in [-0.25, -0.2) is 4.98 Å². The van der Waals surface area contributed by atoms with E-state index in [1.165, 1.54) is 31.0 Å². The maximum Gasteiger partial charge on any atom is 0.270 e. The molecule has 0 fully saturated rings. The second-order valence-corrected chi connectivity index (χ2v) is 7.05. The highest BCUT2D eigenvalue weighted by atomic mass is 35.5. The zero-order valence-corrected chi connectivity index (χ0v) is 15.6. The molecule has 2 heterocycles. The number of fused-ring (bicyclic) bond motifs is 1. The molecule has 142 valence electrons. The first-order valence-corrected chi connectivity index (χ1v) is 9.31. The minimum atomic E-state index is -0.556. The Morgan fingerprint density at radius 2 is 1.96 bits per heavy atom. The summed E-state index contributed by atoms with van der Waals surface area (Å²) in [4.78, 5) is 27.3. The van der Waals surface area contributed by atoms with Crippen LogP contribution >= 0.6 is 11.6 Å². The van der Waals surface area contributed by atoms with Crippen molar-refractivity contribution in [3.05, 3.63) is 75.2 Å². The number of non-ortho nitro benzene ring substituents is 1. The lowest BCUT2D eigenvalue weighted by molar-refractivity contribution is -0.384. The number of imidazole rings is 1. The number of anilines is 1. The first-order chi connectivity index (χ1) is 13.5. The number of hydrogen-bond donors (Lipinski definition) is 1. The summed E-state index contributed by atoms with van der Waals surface area (Å²) in [5, 5.41) is 13.6. The Morgan fingerprint density at radius 1 is 1.18 bits per heavy atom. The highest BCUT2D eigenvalue weighted by Crippen LogP contribution is 2.26. The topological polar surface area (TPSA) is 90.1 Å². The van der Waals surface area contributed by atoms with Crippen LogP contribution in [0.5, 0.6) is 0 Å². The summed E-state index contributed by atoms with van der Waals surface area (Å²) in [6, 6.07) is 11.2. The summed E-state index contributed by atoms with van der Waals surface area (Å²) >= 11 is 6.01. The molecule has 1 aromatic heterocycles. The van der Waals surface area contributed by atoms with Crippen LogP contribution in [0.15, 0.2) is 48.7 Å². The van der Waals surface area contributed by atoms with E-state index >= 15 is 0 Å². The lowest BCUT2D eigenvalue weighted by Gasteiger charge is -2.11. The predicted molar refractivity (Wildman–Crippen MR) is 107 cm³/mol. The lowest BCUT2D eigenvalue weighted by Crippen LogP contribution is -2.12. The molecular formula is C20H17ClN4O3. The third kappa shape index (κ3) is 3.61. The molecule has 28 heavy (non-hydrogen) atoms. The van der Waals surface area contributed by atoms with Gasteiger partial charge in [0.25, 0.3) is 11.6 Å². The molecule has 2 aromatic carbocycles. The smallest absolute Gasteiger partial charge is 0.270 e. The van der Waals surface area contributed by atoms with Crippen LogP contribution in [-0.4, -0.2) is 20.4 Å². The van der Waals surface area contributed by atoms with Crippen LogP contribution in [0.25, 0.3) is 11.3 Å². The van der Waals surface area contributed by atoms with E-state index in [0.717, 1.165) is 30.0 Å². The van der Waals surface area contributed by atoms with Gasteiger partial charge in [0.05, 0.1) is 21.2 Å². The van der Waals surface area contributed by atoms with Gasteiger partial charge in [0.1, 0.15) is 5.82 Å². The molecule has 1 amide bonds. The van der Waals surface area contributed by atoms with E-state index in [4.69, 9.17) is 16.6 Å². The standard InChI is InChI=1S/C20H17ClN4O3/c21-17-11-15(25(27)28)8-9-16(17)20(26)22-14-6-4-13(5-7-14)18-12-24-10-2-1-3-19(24)23-18/h4-9,11-12H,1-3,10H2,(H,22,26). The van der Waals surface area contributed by atoms with Crippen molar-refractivity contribution in [2.75, 3.05) is 5.32 Å². The number of aromatic nitrogens is 2. The van der Waals surface area contributed by atoms with Gasteiger partial charge < -0.3 is 9.88 Å². The van der Waals surface area contributed by atoms with Crippen LogP contribution in [0.2, 0.25) is 5.02 Å². The number of aryl methyl sites for hydroxylation is 2. The highest BCUT2D eigenvalue weighted by Gasteiger charge is 2.16. The summed E-state index contributed by atoms with van der Waals surface area (Å²) in [6.45, 7) is 1.01. The van der Waals surface area contributed by atoms with Crippen molar-refractivity contribution in [1.82, 2.24) is 9.55 Å². The molecule has 1 aliphatic heterocycles. The van der Waals surface area contributed by atoms with Gasteiger partial charge in [0, 0.05) is 42.5 Å². The average Bonchev–Trinajstić information content (AvgIpc) is 3.12. The number of nitrogens with zero attached hydrogens (tertiary/aromatic N) is 3. The van der Waals surface area contributed by atoms with Crippen molar-refractivity contribution in [3.63, 3.8) is 0 Å². The number of hydrogen-bond acceptors (Lipinski definition) is 4. The van der Waals surface area contributed by atoms with Crippen LogP contribution in [0.4, 0.5) is 11.4 Å². The number of rotatable bonds is 4. The Balaban J connectivity index is 1.49. The molecule has 0 atom stereocenters. The molecular weight excluding hydrogens is 380 g/mol. The van der Waals surface area contributed by atoms with E-state index in [2.05, 4.69) is 16.1 Å². The second kappa shape index (κ2) is 7.44. The van der Waals surface area contributed by atoms with Gasteiger partial charge in [-0.1, -0.05) is 23.7 Å². The molecule has 7 nitrogen and oxygen atoms in total. The van der Waals surface area contributed by atoms with Crippen LogP contribution in [0.1, 0.15) is 29.0 Å². The number of benzene rings is 2. The van der Waals surface area contributed by atoms with Crippen molar-refractivity contribution in [2.45, 2.75) is 25.8 Å². The average molecular weight is 397 g/mol. The van der Waals surface area contributed by atoms with E-state index in [0.29, 0.717) is 5.69 Å². The van der Waals surface area contributed by atoms with Crippen molar-refractivity contribution in [2.24, 2.45) is 0 Å². The Hall–Kier alpha value is -3.19. The zero-order valence-electron chi connectivity index (χ0n) is 14.9. The summed E-state index contributed by atoms with van der Waals surface area (Å²) in [5.74, 6) is 0.691. The summed E-state index contributed by atoms with van der Waals surface area (Å²) in [7, 11) is 0. The number of carbonyl (C=O) groups is 1.